The van der Waals surface area contributed by atoms with E-state index >= 15 is 0 Å². The second-order valence-corrected chi connectivity index (χ2v) is 6.70. The van der Waals surface area contributed by atoms with Crippen molar-refractivity contribution in [1.29, 1.82) is 0 Å². The smallest absolute Gasteiger partial charge is 0.203 e. The summed E-state index contributed by atoms with van der Waals surface area (Å²) in [5.74, 6) is -0.142. The summed E-state index contributed by atoms with van der Waals surface area (Å²) in [4.78, 5) is 0.792. The van der Waals surface area contributed by atoms with E-state index in [4.69, 9.17) is 5.73 Å². The second kappa shape index (κ2) is 3.98. The van der Waals surface area contributed by atoms with Gasteiger partial charge in [0.15, 0.2) is 0 Å². The van der Waals surface area contributed by atoms with Crippen LogP contribution < -0.4 is 5.73 Å². The van der Waals surface area contributed by atoms with Crippen LogP contribution in [0.5, 0.6) is 0 Å². The van der Waals surface area contributed by atoms with Crippen LogP contribution in [0.3, 0.4) is 0 Å². The molecule has 1 aliphatic heterocycles. The standard InChI is InChI=1S/C11H12BrNO2S/c1-7(6-13)10-4-8-2-3-9(12)5-11(8)16(10,14)15/h2-5,7H,6,13H2,1H3. The summed E-state index contributed by atoms with van der Waals surface area (Å²) < 4.78 is 25.2. The Morgan fingerprint density at radius 1 is 1.44 bits per heavy atom. The Balaban J connectivity index is 2.60. The van der Waals surface area contributed by atoms with E-state index < -0.39 is 9.84 Å². The molecule has 86 valence electrons. The average Bonchev–Trinajstić information content (AvgIpc) is 2.50. The van der Waals surface area contributed by atoms with E-state index in [1.54, 1.807) is 18.2 Å². The van der Waals surface area contributed by atoms with E-state index in [1.165, 1.54) is 0 Å². The van der Waals surface area contributed by atoms with Gasteiger partial charge in [-0.3, -0.25) is 0 Å². The van der Waals surface area contributed by atoms with Crippen LogP contribution in [-0.2, 0) is 9.84 Å². The highest BCUT2D eigenvalue weighted by molar-refractivity contribution is 9.10. The molecule has 0 saturated carbocycles. The van der Waals surface area contributed by atoms with Gasteiger partial charge in [-0.2, -0.15) is 0 Å². The first-order valence-electron chi connectivity index (χ1n) is 4.93. The van der Waals surface area contributed by atoms with Crippen LogP contribution in [0, 0.1) is 5.92 Å². The molecule has 0 radical (unpaired) electrons. The van der Waals surface area contributed by atoms with Gasteiger partial charge in [-0.05, 0) is 30.3 Å². The number of nitrogens with two attached hydrogens (primary N) is 1. The van der Waals surface area contributed by atoms with Crippen LogP contribution in [0.2, 0.25) is 0 Å². The second-order valence-electron chi connectivity index (χ2n) is 3.87. The summed E-state index contributed by atoms with van der Waals surface area (Å²) in [5, 5.41) is 0. The van der Waals surface area contributed by atoms with Crippen LogP contribution in [-0.4, -0.2) is 15.0 Å². The summed E-state index contributed by atoms with van der Waals surface area (Å²) in [6.45, 7) is 2.16. The van der Waals surface area contributed by atoms with Crippen LogP contribution in [0.25, 0.3) is 6.08 Å². The van der Waals surface area contributed by atoms with Crippen molar-refractivity contribution < 1.29 is 8.42 Å². The minimum absolute atomic E-state index is 0.142. The molecule has 0 spiro atoms. The molecular weight excluding hydrogens is 290 g/mol. The number of hydrogen-bond donors (Lipinski definition) is 1. The minimum atomic E-state index is -3.33. The maximum atomic E-state index is 12.2. The summed E-state index contributed by atoms with van der Waals surface area (Å²) in [7, 11) is -3.33. The van der Waals surface area contributed by atoms with E-state index in [1.807, 2.05) is 13.0 Å². The lowest BCUT2D eigenvalue weighted by atomic mass is 10.1. The van der Waals surface area contributed by atoms with Gasteiger partial charge in [0.05, 0.1) is 9.80 Å². The number of hydrogen-bond acceptors (Lipinski definition) is 3. The highest BCUT2D eigenvalue weighted by Gasteiger charge is 2.32. The Hall–Kier alpha value is -0.650. The lowest BCUT2D eigenvalue weighted by Gasteiger charge is -2.09. The van der Waals surface area contributed by atoms with Crippen molar-refractivity contribution in [3.63, 3.8) is 0 Å². The van der Waals surface area contributed by atoms with Gasteiger partial charge in [-0.15, -0.1) is 0 Å². The summed E-state index contributed by atoms with van der Waals surface area (Å²) in [6, 6.07) is 5.27. The molecule has 2 N–H and O–H groups in total. The topological polar surface area (TPSA) is 60.2 Å². The van der Waals surface area contributed by atoms with Crippen molar-refractivity contribution in [3.05, 3.63) is 33.1 Å². The van der Waals surface area contributed by atoms with Gasteiger partial charge >= 0.3 is 0 Å². The SMILES string of the molecule is CC(CN)C1=Cc2ccc(Br)cc2S1(=O)=O. The van der Waals surface area contributed by atoms with Crippen molar-refractivity contribution in [3.8, 4) is 0 Å². The third-order valence-electron chi connectivity index (χ3n) is 2.71. The van der Waals surface area contributed by atoms with Crippen LogP contribution in [0.15, 0.2) is 32.5 Å². The Morgan fingerprint density at radius 3 is 2.75 bits per heavy atom. The molecule has 1 atom stereocenters. The predicted octanol–water partition coefficient (Wildman–Crippen LogP) is 2.17. The van der Waals surface area contributed by atoms with E-state index in [2.05, 4.69) is 15.9 Å². The molecule has 1 aromatic carbocycles. The number of fused-ring (bicyclic) bond motifs is 1. The molecule has 0 aliphatic carbocycles. The molecule has 16 heavy (non-hydrogen) atoms. The van der Waals surface area contributed by atoms with Gasteiger partial charge in [0, 0.05) is 10.4 Å². The third kappa shape index (κ3) is 1.73. The first kappa shape index (κ1) is 11.8. The first-order chi connectivity index (χ1) is 7.46. The first-order valence-corrected chi connectivity index (χ1v) is 7.20. The summed E-state index contributed by atoms with van der Waals surface area (Å²) in [6.07, 6.45) is 1.72. The quantitative estimate of drug-likeness (QED) is 0.911. The van der Waals surface area contributed by atoms with Gasteiger partial charge in [0.25, 0.3) is 0 Å². The fourth-order valence-corrected chi connectivity index (χ4v) is 4.14. The van der Waals surface area contributed by atoms with Crippen LogP contribution in [0.1, 0.15) is 12.5 Å². The Bertz CT molecular complexity index is 563. The molecule has 0 saturated heterocycles. The van der Waals surface area contributed by atoms with Crippen molar-refractivity contribution in [2.45, 2.75) is 11.8 Å². The maximum Gasteiger partial charge on any atom is 0.203 e. The zero-order chi connectivity index (χ0) is 11.9. The van der Waals surface area contributed by atoms with Crippen molar-refractivity contribution in [2.75, 3.05) is 6.54 Å². The molecule has 0 amide bonds. The third-order valence-corrected chi connectivity index (χ3v) is 5.28. The lowest BCUT2D eigenvalue weighted by molar-refractivity contribution is 0.594. The monoisotopic (exact) mass is 301 g/mol. The van der Waals surface area contributed by atoms with E-state index in [0.29, 0.717) is 16.3 Å². The fourth-order valence-electron chi connectivity index (χ4n) is 1.74. The summed E-state index contributed by atoms with van der Waals surface area (Å²) in [5.41, 5.74) is 6.27. The van der Waals surface area contributed by atoms with Gasteiger partial charge < -0.3 is 5.73 Å². The Morgan fingerprint density at radius 2 is 2.12 bits per heavy atom. The molecule has 1 aliphatic rings. The molecule has 0 aromatic heterocycles. The van der Waals surface area contributed by atoms with Crippen LogP contribution >= 0.6 is 15.9 Å². The van der Waals surface area contributed by atoms with E-state index in [9.17, 15) is 8.42 Å². The number of halogens is 1. The van der Waals surface area contributed by atoms with Gasteiger partial charge in [-0.25, -0.2) is 8.42 Å². The molecule has 2 rings (SSSR count). The van der Waals surface area contributed by atoms with Gasteiger partial charge in [-0.1, -0.05) is 28.9 Å². The highest BCUT2D eigenvalue weighted by atomic mass is 79.9. The molecule has 3 nitrogen and oxygen atoms in total. The maximum absolute atomic E-state index is 12.2. The number of rotatable bonds is 2. The van der Waals surface area contributed by atoms with Crippen molar-refractivity contribution in [1.82, 2.24) is 0 Å². The van der Waals surface area contributed by atoms with Crippen molar-refractivity contribution in [2.24, 2.45) is 11.7 Å². The van der Waals surface area contributed by atoms with Gasteiger partial charge in [0.2, 0.25) is 9.84 Å². The highest BCUT2D eigenvalue weighted by Crippen LogP contribution is 2.37. The zero-order valence-corrected chi connectivity index (χ0v) is 11.2. The number of benzene rings is 1. The molecular formula is C11H12BrNO2S. The molecule has 0 bridgehead atoms. The largest absolute Gasteiger partial charge is 0.330 e. The minimum Gasteiger partial charge on any atom is -0.330 e. The molecule has 1 heterocycles. The lowest BCUT2D eigenvalue weighted by Crippen LogP contribution is -2.17. The normalized spacial score (nSPS) is 19.1. The molecule has 1 unspecified atom stereocenters. The zero-order valence-electron chi connectivity index (χ0n) is 8.77. The Labute approximate surface area is 103 Å². The Kier molecular flexibility index (Phi) is 2.94. The van der Waals surface area contributed by atoms with E-state index in [0.717, 1.165) is 10.0 Å². The van der Waals surface area contributed by atoms with E-state index in [-0.39, 0.29) is 5.92 Å². The summed E-state index contributed by atoms with van der Waals surface area (Å²) >= 11 is 3.28. The fraction of sp³-hybridized carbons (Fsp3) is 0.273. The molecule has 5 heteroatoms. The number of sulfone groups is 1. The predicted molar refractivity (Wildman–Crippen MR) is 67.5 cm³/mol. The average molecular weight is 302 g/mol. The van der Waals surface area contributed by atoms with Gasteiger partial charge in [0.1, 0.15) is 0 Å². The molecule has 0 fully saturated rings. The van der Waals surface area contributed by atoms with Crippen LogP contribution in [0.4, 0.5) is 0 Å². The van der Waals surface area contributed by atoms with Crippen molar-refractivity contribution >= 4 is 31.8 Å². The molecule has 1 aromatic rings.